The normalized spacial score (nSPS) is 10.5. The van der Waals surface area contributed by atoms with Gasteiger partial charge in [-0.05, 0) is 46.4 Å². The van der Waals surface area contributed by atoms with Crippen molar-refractivity contribution in [3.63, 3.8) is 0 Å². The second-order valence-electron chi connectivity index (χ2n) is 3.30. The van der Waals surface area contributed by atoms with Gasteiger partial charge in [-0.15, -0.1) is 23.1 Å². The van der Waals surface area contributed by atoms with E-state index in [2.05, 4.69) is 58.6 Å². The lowest BCUT2D eigenvalue weighted by Gasteiger charge is -2.01. The van der Waals surface area contributed by atoms with Crippen LogP contribution >= 0.6 is 39.0 Å². The molecule has 0 saturated carbocycles. The fraction of sp³-hybridized carbons (Fsp3) is 0.167. The maximum absolute atomic E-state index is 3.55. The zero-order valence-electron chi connectivity index (χ0n) is 8.37. The molecule has 0 radical (unpaired) electrons. The van der Waals surface area contributed by atoms with Gasteiger partial charge in [0.15, 0.2) is 0 Å². The molecular weight excluding hydrogens is 288 g/mol. The fourth-order valence-corrected chi connectivity index (χ4v) is 4.09. The molecule has 1 heterocycles. The molecule has 0 amide bonds. The van der Waals surface area contributed by atoms with Crippen LogP contribution in [0.4, 0.5) is 0 Å². The van der Waals surface area contributed by atoms with Gasteiger partial charge in [0.25, 0.3) is 0 Å². The summed E-state index contributed by atoms with van der Waals surface area (Å²) in [5, 5.41) is 2.12. The molecule has 0 nitrogen and oxygen atoms in total. The molecule has 15 heavy (non-hydrogen) atoms. The first kappa shape index (κ1) is 11.2. The summed E-state index contributed by atoms with van der Waals surface area (Å²) in [6.07, 6.45) is 0. The predicted octanol–water partition coefficient (Wildman–Crippen LogP) is 5.11. The maximum atomic E-state index is 3.55. The number of thioether (sulfide) groups is 1. The lowest BCUT2D eigenvalue weighted by molar-refractivity contribution is 1.35. The number of thiophene rings is 1. The van der Waals surface area contributed by atoms with E-state index in [1.807, 2.05) is 11.8 Å². The first-order chi connectivity index (χ1) is 7.25. The molecule has 0 atom stereocenters. The first-order valence-electron chi connectivity index (χ1n) is 4.67. The van der Waals surface area contributed by atoms with E-state index in [4.69, 9.17) is 0 Å². The summed E-state index contributed by atoms with van der Waals surface area (Å²) in [4.78, 5) is 2.75. The number of halogens is 1. The zero-order chi connectivity index (χ0) is 10.7. The summed E-state index contributed by atoms with van der Waals surface area (Å²) in [5.41, 5.74) is 1.32. The van der Waals surface area contributed by atoms with Crippen LogP contribution in [0.25, 0.3) is 0 Å². The van der Waals surface area contributed by atoms with Gasteiger partial charge in [0.1, 0.15) is 0 Å². The molecule has 0 aliphatic heterocycles. The van der Waals surface area contributed by atoms with Crippen molar-refractivity contribution >= 4 is 39.0 Å². The van der Waals surface area contributed by atoms with Crippen molar-refractivity contribution in [2.24, 2.45) is 0 Å². The second kappa shape index (κ2) is 5.19. The smallest absolute Gasteiger partial charge is 0.0337 e. The molecule has 0 saturated heterocycles. The van der Waals surface area contributed by atoms with Gasteiger partial charge in [0.05, 0.1) is 0 Å². The van der Waals surface area contributed by atoms with Crippen molar-refractivity contribution in [3.8, 4) is 0 Å². The summed E-state index contributed by atoms with van der Waals surface area (Å²) in [6.45, 7) is 2.13. The van der Waals surface area contributed by atoms with Crippen LogP contribution in [0.1, 0.15) is 10.4 Å². The van der Waals surface area contributed by atoms with Crippen LogP contribution in [-0.4, -0.2) is 0 Å². The maximum Gasteiger partial charge on any atom is 0.0337 e. The van der Waals surface area contributed by atoms with Crippen LogP contribution in [0, 0.1) is 6.92 Å². The van der Waals surface area contributed by atoms with Gasteiger partial charge in [-0.2, -0.15) is 0 Å². The van der Waals surface area contributed by atoms with E-state index in [1.165, 1.54) is 19.8 Å². The lowest BCUT2D eigenvalue weighted by atomic mass is 10.2. The van der Waals surface area contributed by atoms with E-state index in [9.17, 15) is 0 Å². The molecule has 0 unspecified atom stereocenters. The quantitative estimate of drug-likeness (QED) is 0.710. The van der Waals surface area contributed by atoms with Crippen LogP contribution < -0.4 is 0 Å². The third-order valence-electron chi connectivity index (χ3n) is 2.05. The van der Waals surface area contributed by atoms with E-state index in [-0.39, 0.29) is 0 Å². The van der Waals surface area contributed by atoms with Crippen molar-refractivity contribution in [3.05, 3.63) is 50.6 Å². The topological polar surface area (TPSA) is 0 Å². The molecule has 0 spiro atoms. The minimum atomic E-state index is 1.04. The second-order valence-corrected chi connectivity index (χ2v) is 6.20. The van der Waals surface area contributed by atoms with Gasteiger partial charge in [-0.25, -0.2) is 0 Å². The Balaban J connectivity index is 2.02. The highest BCUT2D eigenvalue weighted by Crippen LogP contribution is 2.30. The van der Waals surface area contributed by atoms with E-state index in [1.54, 1.807) is 11.3 Å². The molecule has 0 aliphatic carbocycles. The van der Waals surface area contributed by atoms with E-state index >= 15 is 0 Å². The minimum absolute atomic E-state index is 1.04. The third kappa shape index (κ3) is 3.10. The fourth-order valence-electron chi connectivity index (χ4n) is 1.28. The lowest BCUT2D eigenvalue weighted by Crippen LogP contribution is -1.77. The average Bonchev–Trinajstić information content (AvgIpc) is 2.61. The van der Waals surface area contributed by atoms with Gasteiger partial charge >= 0.3 is 0 Å². The predicted molar refractivity (Wildman–Crippen MR) is 72.8 cm³/mol. The molecule has 1 aromatic heterocycles. The van der Waals surface area contributed by atoms with Gasteiger partial charge in [-0.3, -0.25) is 0 Å². The van der Waals surface area contributed by atoms with Crippen LogP contribution in [0.5, 0.6) is 0 Å². The Morgan fingerprint density at radius 3 is 2.87 bits per heavy atom. The Morgan fingerprint density at radius 1 is 1.33 bits per heavy atom. The van der Waals surface area contributed by atoms with Crippen LogP contribution in [0.3, 0.4) is 0 Å². The Hall–Kier alpha value is -0.250. The summed E-state index contributed by atoms with van der Waals surface area (Å²) >= 11 is 7.24. The molecule has 0 N–H and O–H groups in total. The van der Waals surface area contributed by atoms with Crippen molar-refractivity contribution in [2.75, 3.05) is 0 Å². The zero-order valence-corrected chi connectivity index (χ0v) is 11.6. The Labute approximate surface area is 107 Å². The van der Waals surface area contributed by atoms with E-state index in [0.717, 1.165) is 5.75 Å². The number of hydrogen-bond donors (Lipinski definition) is 0. The molecular formula is C12H11BrS2. The van der Waals surface area contributed by atoms with Crippen molar-refractivity contribution in [1.82, 2.24) is 0 Å². The number of benzene rings is 1. The van der Waals surface area contributed by atoms with E-state index < -0.39 is 0 Å². The SMILES string of the molecule is Cc1cccc(SCc2sccc2Br)c1. The van der Waals surface area contributed by atoms with E-state index in [0.29, 0.717) is 0 Å². The molecule has 0 bridgehead atoms. The molecule has 0 aliphatic rings. The van der Waals surface area contributed by atoms with Gasteiger partial charge in [0.2, 0.25) is 0 Å². The van der Waals surface area contributed by atoms with Gasteiger partial charge in [0, 0.05) is 20.0 Å². The van der Waals surface area contributed by atoms with Crippen LogP contribution in [0.2, 0.25) is 0 Å². The number of rotatable bonds is 3. The Kier molecular flexibility index (Phi) is 3.89. The summed E-state index contributed by atoms with van der Waals surface area (Å²) < 4.78 is 1.23. The molecule has 0 fully saturated rings. The molecule has 3 heteroatoms. The van der Waals surface area contributed by atoms with Gasteiger partial charge in [-0.1, -0.05) is 17.7 Å². The van der Waals surface area contributed by atoms with Crippen LogP contribution in [-0.2, 0) is 5.75 Å². The standard InChI is InChI=1S/C12H11BrS2/c1-9-3-2-4-10(7-9)15-8-12-11(13)5-6-14-12/h2-7H,8H2,1H3. The van der Waals surface area contributed by atoms with Crippen molar-refractivity contribution in [1.29, 1.82) is 0 Å². The summed E-state index contributed by atoms with van der Waals surface area (Å²) in [7, 11) is 0. The Morgan fingerprint density at radius 2 is 2.20 bits per heavy atom. The largest absolute Gasteiger partial charge is 0.147 e. The van der Waals surface area contributed by atoms with Crippen molar-refractivity contribution in [2.45, 2.75) is 17.6 Å². The molecule has 2 rings (SSSR count). The average molecular weight is 299 g/mol. The highest BCUT2D eigenvalue weighted by atomic mass is 79.9. The monoisotopic (exact) mass is 298 g/mol. The van der Waals surface area contributed by atoms with Crippen molar-refractivity contribution < 1.29 is 0 Å². The first-order valence-corrected chi connectivity index (χ1v) is 7.33. The summed E-state index contributed by atoms with van der Waals surface area (Å²) in [5.74, 6) is 1.04. The number of aryl methyl sites for hydroxylation is 1. The Bertz CT molecular complexity index is 448. The molecule has 1 aromatic carbocycles. The summed E-state index contributed by atoms with van der Waals surface area (Å²) in [6, 6.07) is 10.7. The third-order valence-corrected chi connectivity index (χ3v) is 5.18. The molecule has 78 valence electrons. The number of hydrogen-bond acceptors (Lipinski definition) is 2. The highest BCUT2D eigenvalue weighted by Gasteiger charge is 2.02. The van der Waals surface area contributed by atoms with Crippen LogP contribution in [0.15, 0.2) is 45.1 Å². The van der Waals surface area contributed by atoms with Gasteiger partial charge < -0.3 is 0 Å². The minimum Gasteiger partial charge on any atom is -0.147 e. The molecule has 2 aromatic rings. The highest BCUT2D eigenvalue weighted by molar-refractivity contribution is 9.10.